The van der Waals surface area contributed by atoms with Crippen LogP contribution in [0.3, 0.4) is 0 Å². The molecule has 0 radical (unpaired) electrons. The molecule has 7 aromatic carbocycles. The van der Waals surface area contributed by atoms with Gasteiger partial charge < -0.3 is 9.32 Å². The number of para-hydroxylation sites is 2. The molecule has 0 N–H and O–H groups in total. The highest BCUT2D eigenvalue weighted by atomic mass is 16.3. The van der Waals surface area contributed by atoms with E-state index in [1.54, 1.807) is 0 Å². The van der Waals surface area contributed by atoms with Gasteiger partial charge in [0.1, 0.15) is 11.2 Å². The number of rotatable bonds is 5. The predicted molar refractivity (Wildman–Crippen MR) is 197 cm³/mol. The molecule has 0 unspecified atom stereocenters. The second-order valence-electron chi connectivity index (χ2n) is 12.9. The minimum Gasteiger partial charge on any atom is -0.456 e. The molecule has 0 atom stereocenters. The summed E-state index contributed by atoms with van der Waals surface area (Å²) in [7, 11) is 0. The summed E-state index contributed by atoms with van der Waals surface area (Å²) in [4.78, 5) is 2.39. The Morgan fingerprint density at radius 2 is 1.11 bits per heavy atom. The Balaban J connectivity index is 1.36. The number of benzene rings is 7. The molecule has 9 rings (SSSR count). The fourth-order valence-corrected chi connectivity index (χ4v) is 7.78. The standard InChI is InChI=1S/C45H33NO/c1-45(2)39-24-11-9-19-34(39)37-22-13-23-38(44(37)45)43-33(30-15-5-3-6-16-30)21-14-25-40(43)46(31-17-7-4-8-18-31)32-27-28-36-35-20-10-12-26-41(35)47-42(36)29-32/h3-29H,1-2H3. The van der Waals surface area contributed by atoms with Crippen molar-refractivity contribution in [3.63, 3.8) is 0 Å². The zero-order chi connectivity index (χ0) is 31.5. The molecule has 0 saturated carbocycles. The van der Waals surface area contributed by atoms with Gasteiger partial charge in [-0.25, -0.2) is 0 Å². The molecule has 2 nitrogen and oxygen atoms in total. The third kappa shape index (κ3) is 4.26. The van der Waals surface area contributed by atoms with Crippen LogP contribution in [0.4, 0.5) is 17.1 Å². The number of hydrogen-bond acceptors (Lipinski definition) is 2. The quantitative estimate of drug-likeness (QED) is 0.195. The zero-order valence-electron chi connectivity index (χ0n) is 26.4. The van der Waals surface area contributed by atoms with Crippen LogP contribution in [0.15, 0.2) is 168 Å². The summed E-state index contributed by atoms with van der Waals surface area (Å²) in [5.74, 6) is 0. The molecule has 0 spiro atoms. The summed E-state index contributed by atoms with van der Waals surface area (Å²) in [6, 6.07) is 58.8. The molecular weight excluding hydrogens is 571 g/mol. The molecule has 1 aliphatic carbocycles. The van der Waals surface area contributed by atoms with E-state index < -0.39 is 0 Å². The van der Waals surface area contributed by atoms with Gasteiger partial charge in [0.05, 0.1) is 5.69 Å². The maximum absolute atomic E-state index is 6.42. The summed E-state index contributed by atoms with van der Waals surface area (Å²) in [6.45, 7) is 4.74. The van der Waals surface area contributed by atoms with Crippen molar-refractivity contribution in [2.24, 2.45) is 0 Å². The van der Waals surface area contributed by atoms with Crippen LogP contribution >= 0.6 is 0 Å². The highest BCUT2D eigenvalue weighted by Crippen LogP contribution is 2.55. The SMILES string of the molecule is CC1(C)c2ccccc2-c2cccc(-c3c(-c4ccccc4)cccc3N(c3ccccc3)c3ccc4c(c3)oc3ccccc34)c21. The Bertz CT molecular complexity index is 2440. The third-order valence-corrected chi connectivity index (χ3v) is 9.85. The van der Waals surface area contributed by atoms with E-state index in [4.69, 9.17) is 4.42 Å². The minimum absolute atomic E-state index is 0.172. The molecule has 0 bridgehead atoms. The lowest BCUT2D eigenvalue weighted by Crippen LogP contribution is -2.17. The van der Waals surface area contributed by atoms with Gasteiger partial charge in [-0.1, -0.05) is 135 Å². The first kappa shape index (κ1) is 27.5. The number of fused-ring (bicyclic) bond motifs is 6. The van der Waals surface area contributed by atoms with E-state index in [0.717, 1.165) is 39.0 Å². The van der Waals surface area contributed by atoms with Crippen molar-refractivity contribution in [2.45, 2.75) is 19.3 Å². The molecule has 0 saturated heterocycles. The van der Waals surface area contributed by atoms with E-state index in [2.05, 4.69) is 170 Å². The average molecular weight is 604 g/mol. The molecule has 1 aliphatic rings. The summed E-state index contributed by atoms with van der Waals surface area (Å²) in [5, 5.41) is 2.25. The first-order chi connectivity index (χ1) is 23.1. The van der Waals surface area contributed by atoms with Gasteiger partial charge in [0, 0.05) is 39.2 Å². The van der Waals surface area contributed by atoms with Crippen LogP contribution in [-0.4, -0.2) is 0 Å². The van der Waals surface area contributed by atoms with Crippen molar-refractivity contribution < 1.29 is 4.42 Å². The predicted octanol–water partition coefficient (Wildman–Crippen LogP) is 12.7. The Morgan fingerprint density at radius 3 is 1.96 bits per heavy atom. The van der Waals surface area contributed by atoms with Crippen molar-refractivity contribution in [1.82, 2.24) is 0 Å². The lowest BCUT2D eigenvalue weighted by molar-refractivity contribution is 0.662. The number of furan rings is 1. The second kappa shape index (κ2) is 10.6. The summed E-state index contributed by atoms with van der Waals surface area (Å²) in [6.07, 6.45) is 0. The summed E-state index contributed by atoms with van der Waals surface area (Å²) >= 11 is 0. The molecular formula is C45H33NO. The fourth-order valence-electron chi connectivity index (χ4n) is 7.78. The van der Waals surface area contributed by atoms with Gasteiger partial charge in [-0.15, -0.1) is 0 Å². The summed E-state index contributed by atoms with van der Waals surface area (Å²) in [5.41, 5.74) is 15.1. The zero-order valence-corrected chi connectivity index (χ0v) is 26.4. The Hall–Kier alpha value is -5.86. The average Bonchev–Trinajstić information content (AvgIpc) is 3.61. The first-order valence-electron chi connectivity index (χ1n) is 16.3. The van der Waals surface area contributed by atoms with Crippen LogP contribution in [0.1, 0.15) is 25.0 Å². The fraction of sp³-hybridized carbons (Fsp3) is 0.0667. The molecule has 0 amide bonds. The van der Waals surface area contributed by atoms with Crippen molar-refractivity contribution in [3.05, 3.63) is 175 Å². The molecule has 224 valence electrons. The largest absolute Gasteiger partial charge is 0.456 e. The molecule has 2 heteroatoms. The Morgan fingerprint density at radius 1 is 0.468 bits per heavy atom. The van der Waals surface area contributed by atoms with E-state index in [1.807, 2.05) is 12.1 Å². The summed E-state index contributed by atoms with van der Waals surface area (Å²) < 4.78 is 6.42. The Kier molecular flexibility index (Phi) is 6.20. The van der Waals surface area contributed by atoms with Crippen LogP contribution in [-0.2, 0) is 5.41 Å². The first-order valence-corrected chi connectivity index (χ1v) is 16.3. The number of hydrogen-bond donors (Lipinski definition) is 0. The van der Waals surface area contributed by atoms with E-state index in [-0.39, 0.29) is 5.41 Å². The van der Waals surface area contributed by atoms with E-state index in [9.17, 15) is 0 Å². The molecule has 0 aliphatic heterocycles. The normalized spacial score (nSPS) is 13.1. The van der Waals surface area contributed by atoms with Gasteiger partial charge in [0.15, 0.2) is 0 Å². The third-order valence-electron chi connectivity index (χ3n) is 9.85. The maximum Gasteiger partial charge on any atom is 0.137 e. The highest BCUT2D eigenvalue weighted by molar-refractivity contribution is 6.07. The number of anilines is 3. The van der Waals surface area contributed by atoms with Gasteiger partial charge in [-0.3, -0.25) is 0 Å². The van der Waals surface area contributed by atoms with Crippen LogP contribution < -0.4 is 4.90 Å². The van der Waals surface area contributed by atoms with Gasteiger partial charge >= 0.3 is 0 Å². The van der Waals surface area contributed by atoms with Gasteiger partial charge in [-0.05, 0) is 75.3 Å². The Labute approximate surface area is 275 Å². The lowest BCUT2D eigenvalue weighted by atomic mass is 9.77. The van der Waals surface area contributed by atoms with Crippen LogP contribution in [0.25, 0.3) is 55.3 Å². The molecule has 0 fully saturated rings. The maximum atomic E-state index is 6.42. The second-order valence-corrected chi connectivity index (χ2v) is 12.9. The minimum atomic E-state index is -0.172. The molecule has 1 heterocycles. The lowest BCUT2D eigenvalue weighted by Gasteiger charge is -2.31. The van der Waals surface area contributed by atoms with Gasteiger partial charge in [0.25, 0.3) is 0 Å². The number of nitrogens with zero attached hydrogens (tertiary/aromatic N) is 1. The van der Waals surface area contributed by atoms with Gasteiger partial charge in [-0.2, -0.15) is 0 Å². The van der Waals surface area contributed by atoms with Gasteiger partial charge in [0.2, 0.25) is 0 Å². The van der Waals surface area contributed by atoms with E-state index in [0.29, 0.717) is 0 Å². The highest BCUT2D eigenvalue weighted by Gasteiger charge is 2.38. The molecule has 47 heavy (non-hydrogen) atoms. The van der Waals surface area contributed by atoms with Crippen molar-refractivity contribution in [3.8, 4) is 33.4 Å². The van der Waals surface area contributed by atoms with Crippen LogP contribution in [0.5, 0.6) is 0 Å². The molecule has 8 aromatic rings. The van der Waals surface area contributed by atoms with E-state index >= 15 is 0 Å². The van der Waals surface area contributed by atoms with Crippen molar-refractivity contribution in [1.29, 1.82) is 0 Å². The van der Waals surface area contributed by atoms with Crippen LogP contribution in [0.2, 0.25) is 0 Å². The molecule has 1 aromatic heterocycles. The monoisotopic (exact) mass is 603 g/mol. The van der Waals surface area contributed by atoms with E-state index in [1.165, 1.54) is 44.5 Å². The smallest absolute Gasteiger partial charge is 0.137 e. The van der Waals surface area contributed by atoms with Crippen molar-refractivity contribution in [2.75, 3.05) is 4.90 Å². The topological polar surface area (TPSA) is 16.4 Å². The van der Waals surface area contributed by atoms with Crippen molar-refractivity contribution >= 4 is 39.0 Å². The van der Waals surface area contributed by atoms with Crippen LogP contribution in [0, 0.1) is 0 Å².